The Balaban J connectivity index is 1.26. The first-order valence-electron chi connectivity index (χ1n) is 10.9. The van der Waals surface area contributed by atoms with Crippen molar-refractivity contribution in [2.24, 2.45) is 5.92 Å². The third kappa shape index (κ3) is 5.44. The molecule has 166 valence electrons. The molecule has 0 aliphatic carbocycles. The Morgan fingerprint density at radius 3 is 2.59 bits per heavy atom. The molecule has 0 spiro atoms. The Bertz CT molecular complexity index is 1090. The molecule has 2 amide bonds. The van der Waals surface area contributed by atoms with Crippen molar-refractivity contribution in [3.8, 4) is 0 Å². The maximum absolute atomic E-state index is 12.7. The molecule has 0 bridgehead atoms. The predicted octanol–water partition coefficient (Wildman–Crippen LogP) is 4.42. The molecule has 2 heterocycles. The second kappa shape index (κ2) is 10.1. The molecule has 32 heavy (non-hydrogen) atoms. The summed E-state index contributed by atoms with van der Waals surface area (Å²) in [5.41, 5.74) is 1.11. The second-order valence-corrected chi connectivity index (χ2v) is 8.70. The number of likely N-dealkylation sites (tertiary alicyclic amines) is 1. The van der Waals surface area contributed by atoms with Crippen molar-refractivity contribution < 1.29 is 9.59 Å². The number of hydrogen-bond donors (Lipinski definition) is 2. The first kappa shape index (κ1) is 22.2. The summed E-state index contributed by atoms with van der Waals surface area (Å²) >= 11 is 5.83. The minimum Gasteiger partial charge on any atom is -0.348 e. The molecule has 2 aromatic carbocycles. The van der Waals surface area contributed by atoms with Crippen molar-refractivity contribution in [3.05, 3.63) is 71.4 Å². The summed E-state index contributed by atoms with van der Waals surface area (Å²) in [4.78, 5) is 31.4. The summed E-state index contributed by atoms with van der Waals surface area (Å²) in [7, 11) is 0. The van der Waals surface area contributed by atoms with Gasteiger partial charge in [0.1, 0.15) is 5.82 Å². The Hall–Kier alpha value is -2.96. The van der Waals surface area contributed by atoms with Crippen molar-refractivity contribution in [1.29, 1.82) is 0 Å². The van der Waals surface area contributed by atoms with E-state index in [0.29, 0.717) is 43.3 Å². The van der Waals surface area contributed by atoms with Crippen LogP contribution in [0.1, 0.15) is 31.4 Å². The summed E-state index contributed by atoms with van der Waals surface area (Å²) in [6.07, 6.45) is 2.94. The van der Waals surface area contributed by atoms with E-state index in [4.69, 9.17) is 11.6 Å². The molecule has 1 fully saturated rings. The number of carbonyl (C=O) groups excluding carboxylic acids is 2. The van der Waals surface area contributed by atoms with Gasteiger partial charge in [-0.25, -0.2) is 4.98 Å². The number of hydrogen-bond acceptors (Lipinski definition) is 4. The fourth-order valence-corrected chi connectivity index (χ4v) is 4.34. The number of fused-ring (bicyclic) bond motifs is 1. The van der Waals surface area contributed by atoms with Crippen molar-refractivity contribution in [2.45, 2.75) is 25.8 Å². The number of carbonyl (C=O) groups is 2. The number of pyridine rings is 1. The molecule has 0 saturated carbocycles. The first-order chi connectivity index (χ1) is 15.5. The van der Waals surface area contributed by atoms with Crippen LogP contribution in [-0.2, 0) is 9.59 Å². The van der Waals surface area contributed by atoms with E-state index in [1.54, 1.807) is 12.1 Å². The van der Waals surface area contributed by atoms with Gasteiger partial charge in [-0.3, -0.25) is 14.5 Å². The third-order valence-electron chi connectivity index (χ3n) is 5.97. The number of amides is 2. The number of aromatic nitrogens is 1. The lowest BCUT2D eigenvalue weighted by atomic mass is 9.96. The lowest BCUT2D eigenvalue weighted by Crippen LogP contribution is -2.43. The van der Waals surface area contributed by atoms with Crippen molar-refractivity contribution in [3.63, 3.8) is 0 Å². The summed E-state index contributed by atoms with van der Waals surface area (Å²) in [6, 6.07) is 17.7. The normalized spacial score (nSPS) is 15.9. The molecule has 6 nitrogen and oxygen atoms in total. The van der Waals surface area contributed by atoms with Crippen LogP contribution < -0.4 is 10.6 Å². The zero-order valence-corrected chi connectivity index (χ0v) is 18.8. The highest BCUT2D eigenvalue weighted by atomic mass is 35.5. The molecule has 1 saturated heterocycles. The SMILES string of the molecule is CC(NC(=O)CN1CCC(C(=O)Nc2ccc(Cl)cn2)CC1)c1cccc2ccccc12. The topological polar surface area (TPSA) is 74.3 Å². The fourth-order valence-electron chi connectivity index (χ4n) is 4.23. The van der Waals surface area contributed by atoms with Crippen LogP contribution in [0.5, 0.6) is 0 Å². The van der Waals surface area contributed by atoms with Gasteiger partial charge in [-0.05, 0) is 61.3 Å². The number of nitrogens with zero attached hydrogens (tertiary/aromatic N) is 2. The van der Waals surface area contributed by atoms with E-state index in [9.17, 15) is 9.59 Å². The fraction of sp³-hybridized carbons (Fsp3) is 0.320. The largest absolute Gasteiger partial charge is 0.348 e. The van der Waals surface area contributed by atoms with E-state index in [0.717, 1.165) is 10.9 Å². The van der Waals surface area contributed by atoms with Gasteiger partial charge in [0.05, 0.1) is 17.6 Å². The smallest absolute Gasteiger partial charge is 0.234 e. The van der Waals surface area contributed by atoms with E-state index in [2.05, 4.69) is 44.8 Å². The molecule has 7 heteroatoms. The molecular weight excluding hydrogens is 424 g/mol. The molecule has 1 aliphatic heterocycles. The Kier molecular flexibility index (Phi) is 7.02. The Morgan fingerprint density at radius 2 is 1.84 bits per heavy atom. The average Bonchev–Trinajstić information content (AvgIpc) is 2.80. The number of benzene rings is 2. The minimum absolute atomic E-state index is 0.00120. The summed E-state index contributed by atoms with van der Waals surface area (Å²) < 4.78 is 0. The minimum atomic E-state index is -0.0820. The van der Waals surface area contributed by atoms with Crippen LogP contribution in [-0.4, -0.2) is 41.3 Å². The lowest BCUT2D eigenvalue weighted by Gasteiger charge is -2.31. The summed E-state index contributed by atoms with van der Waals surface area (Å²) in [5, 5.41) is 8.83. The number of rotatable bonds is 6. The van der Waals surface area contributed by atoms with Gasteiger partial charge in [0.15, 0.2) is 0 Å². The van der Waals surface area contributed by atoms with Crippen molar-refractivity contribution in [1.82, 2.24) is 15.2 Å². The third-order valence-corrected chi connectivity index (χ3v) is 6.20. The van der Waals surface area contributed by atoms with Gasteiger partial charge in [0.2, 0.25) is 11.8 Å². The van der Waals surface area contributed by atoms with Crippen molar-refractivity contribution >= 4 is 40.0 Å². The van der Waals surface area contributed by atoms with E-state index in [1.807, 2.05) is 25.1 Å². The van der Waals surface area contributed by atoms with Gasteiger partial charge >= 0.3 is 0 Å². The van der Waals surface area contributed by atoms with Gasteiger partial charge < -0.3 is 10.6 Å². The highest BCUT2D eigenvalue weighted by Gasteiger charge is 2.26. The monoisotopic (exact) mass is 450 g/mol. The molecular formula is C25H27ClN4O2. The van der Waals surface area contributed by atoms with Gasteiger partial charge in [-0.1, -0.05) is 54.1 Å². The van der Waals surface area contributed by atoms with Crippen LogP contribution in [0.2, 0.25) is 5.02 Å². The zero-order chi connectivity index (χ0) is 22.5. The average molecular weight is 451 g/mol. The number of halogens is 1. The van der Waals surface area contributed by atoms with E-state index in [-0.39, 0.29) is 23.8 Å². The maximum atomic E-state index is 12.7. The van der Waals surface area contributed by atoms with Crippen LogP contribution in [0.4, 0.5) is 5.82 Å². The highest BCUT2D eigenvalue weighted by molar-refractivity contribution is 6.30. The van der Waals surface area contributed by atoms with Crippen LogP contribution in [0.25, 0.3) is 10.8 Å². The number of piperidine rings is 1. The molecule has 1 unspecified atom stereocenters. The standard InChI is InChI=1S/C25H27ClN4O2/c1-17(21-8-4-6-18-5-2-3-7-22(18)21)28-24(31)16-30-13-11-19(12-14-30)25(32)29-23-10-9-20(26)15-27-23/h2-10,15,17,19H,11-14,16H2,1H3,(H,28,31)(H,27,29,32). The molecule has 4 rings (SSSR count). The second-order valence-electron chi connectivity index (χ2n) is 8.26. The van der Waals surface area contributed by atoms with Crippen LogP contribution in [0, 0.1) is 5.92 Å². The Morgan fingerprint density at radius 1 is 1.09 bits per heavy atom. The van der Waals surface area contributed by atoms with Gasteiger partial charge in [-0.2, -0.15) is 0 Å². The lowest BCUT2D eigenvalue weighted by molar-refractivity contribution is -0.124. The Labute approximate surface area is 193 Å². The summed E-state index contributed by atoms with van der Waals surface area (Å²) in [5.74, 6) is 0.386. The van der Waals surface area contributed by atoms with Crippen LogP contribution in [0.3, 0.4) is 0 Å². The molecule has 1 aliphatic rings. The van der Waals surface area contributed by atoms with Crippen molar-refractivity contribution in [2.75, 3.05) is 25.0 Å². The highest BCUT2D eigenvalue weighted by Crippen LogP contribution is 2.24. The van der Waals surface area contributed by atoms with Gasteiger partial charge in [-0.15, -0.1) is 0 Å². The quantitative estimate of drug-likeness (QED) is 0.583. The number of nitrogens with one attached hydrogen (secondary N) is 2. The molecule has 3 aromatic rings. The first-order valence-corrected chi connectivity index (χ1v) is 11.3. The van der Waals surface area contributed by atoms with Crippen LogP contribution in [0.15, 0.2) is 60.8 Å². The molecule has 1 aromatic heterocycles. The molecule has 1 atom stereocenters. The van der Waals surface area contributed by atoms with E-state index in [1.165, 1.54) is 11.6 Å². The maximum Gasteiger partial charge on any atom is 0.234 e. The van der Waals surface area contributed by atoms with Gasteiger partial charge in [0.25, 0.3) is 0 Å². The van der Waals surface area contributed by atoms with Gasteiger partial charge in [0, 0.05) is 12.1 Å². The predicted molar refractivity (Wildman–Crippen MR) is 128 cm³/mol. The summed E-state index contributed by atoms with van der Waals surface area (Å²) in [6.45, 7) is 3.77. The zero-order valence-electron chi connectivity index (χ0n) is 18.1. The molecule has 0 radical (unpaired) electrons. The van der Waals surface area contributed by atoms with Crippen LogP contribution >= 0.6 is 11.6 Å². The molecule has 2 N–H and O–H groups in total. The van der Waals surface area contributed by atoms with E-state index >= 15 is 0 Å². The number of anilines is 1. The van der Waals surface area contributed by atoms with E-state index < -0.39 is 0 Å².